The number of sulfonamides is 1. The summed E-state index contributed by atoms with van der Waals surface area (Å²) in [6.45, 7) is 2.95. The zero-order chi connectivity index (χ0) is 19.1. The van der Waals surface area contributed by atoms with E-state index in [1.54, 1.807) is 10.7 Å². The van der Waals surface area contributed by atoms with Crippen molar-refractivity contribution in [3.8, 4) is 0 Å². The Kier molecular flexibility index (Phi) is 5.27. The van der Waals surface area contributed by atoms with Crippen LogP contribution in [0.5, 0.6) is 0 Å². The molecular formula is C16H22BrN5O3S. The predicted octanol–water partition coefficient (Wildman–Crippen LogP) is 1.67. The third kappa shape index (κ3) is 3.72. The van der Waals surface area contributed by atoms with E-state index < -0.39 is 15.9 Å². The molecule has 3 rings (SSSR count). The molecule has 142 valence electrons. The van der Waals surface area contributed by atoms with Gasteiger partial charge < -0.3 is 11.1 Å². The standard InChI is InChI=1S/C16H22BrN5O3S/c1-3-10-8-21(26(2,24)25)5-4-13(10)20-15-12(16(18)23)7-19-22-9-11(17)6-14(15)22/h6-7,9-10,13,20H,3-5,8H2,1-2H3,(H2,18,23)/t10-,13-/m1/s1. The van der Waals surface area contributed by atoms with Gasteiger partial charge in [-0.3, -0.25) is 4.79 Å². The molecule has 26 heavy (non-hydrogen) atoms. The summed E-state index contributed by atoms with van der Waals surface area (Å²) in [4.78, 5) is 11.9. The number of rotatable bonds is 5. The summed E-state index contributed by atoms with van der Waals surface area (Å²) >= 11 is 3.42. The first-order valence-corrected chi connectivity index (χ1v) is 11.0. The van der Waals surface area contributed by atoms with Gasteiger partial charge in [-0.1, -0.05) is 13.3 Å². The quantitative estimate of drug-likeness (QED) is 0.729. The molecule has 3 heterocycles. The summed E-state index contributed by atoms with van der Waals surface area (Å²) in [5.41, 5.74) is 7.24. The Balaban J connectivity index is 1.95. The van der Waals surface area contributed by atoms with E-state index in [9.17, 15) is 13.2 Å². The number of halogens is 1. The molecule has 0 saturated carbocycles. The first-order valence-electron chi connectivity index (χ1n) is 8.39. The highest BCUT2D eigenvalue weighted by Gasteiger charge is 2.33. The molecule has 1 saturated heterocycles. The SMILES string of the molecule is CC[C@@H]1CN(S(C)(=O)=O)CC[C@H]1Nc1c(C(N)=O)cnn2cc(Br)cc12. The number of piperidine rings is 1. The molecule has 8 nitrogen and oxygen atoms in total. The minimum absolute atomic E-state index is 0.0379. The van der Waals surface area contributed by atoms with Gasteiger partial charge in [0.1, 0.15) is 0 Å². The number of primary amides is 1. The topological polar surface area (TPSA) is 110 Å². The number of carbonyl (C=O) groups is 1. The fourth-order valence-electron chi connectivity index (χ4n) is 3.45. The van der Waals surface area contributed by atoms with Crippen LogP contribution < -0.4 is 11.1 Å². The van der Waals surface area contributed by atoms with Crippen molar-refractivity contribution in [3.05, 3.63) is 28.5 Å². The van der Waals surface area contributed by atoms with E-state index in [0.717, 1.165) is 16.4 Å². The van der Waals surface area contributed by atoms with Crippen molar-refractivity contribution in [2.24, 2.45) is 11.7 Å². The Bertz CT molecular complexity index is 943. The lowest BCUT2D eigenvalue weighted by molar-refractivity contribution is 0.100. The molecule has 0 spiro atoms. The van der Waals surface area contributed by atoms with E-state index in [-0.39, 0.29) is 12.0 Å². The Hall–Kier alpha value is -1.65. The molecule has 10 heteroatoms. The minimum Gasteiger partial charge on any atom is -0.379 e. The number of nitrogens with zero attached hydrogens (tertiary/aromatic N) is 3. The van der Waals surface area contributed by atoms with Crippen LogP contribution in [0.4, 0.5) is 5.69 Å². The summed E-state index contributed by atoms with van der Waals surface area (Å²) in [7, 11) is -3.21. The van der Waals surface area contributed by atoms with Crippen molar-refractivity contribution in [1.29, 1.82) is 0 Å². The van der Waals surface area contributed by atoms with Gasteiger partial charge in [0.25, 0.3) is 5.91 Å². The van der Waals surface area contributed by atoms with Gasteiger partial charge in [-0.25, -0.2) is 17.2 Å². The van der Waals surface area contributed by atoms with Crippen LogP contribution in [0.2, 0.25) is 0 Å². The lowest BCUT2D eigenvalue weighted by atomic mass is 9.90. The van der Waals surface area contributed by atoms with Crippen LogP contribution in [-0.2, 0) is 10.0 Å². The first kappa shape index (κ1) is 19.1. The van der Waals surface area contributed by atoms with Gasteiger partial charge in [-0.2, -0.15) is 5.10 Å². The maximum atomic E-state index is 11.9. The highest BCUT2D eigenvalue weighted by atomic mass is 79.9. The number of aromatic nitrogens is 2. The Morgan fingerprint density at radius 3 is 2.85 bits per heavy atom. The number of anilines is 1. The number of hydrogen-bond donors (Lipinski definition) is 2. The molecule has 0 aliphatic carbocycles. The smallest absolute Gasteiger partial charge is 0.252 e. The van der Waals surface area contributed by atoms with Crippen LogP contribution in [0.15, 0.2) is 22.9 Å². The lowest BCUT2D eigenvalue weighted by Gasteiger charge is -2.38. The van der Waals surface area contributed by atoms with Gasteiger partial charge in [0, 0.05) is 29.8 Å². The molecule has 0 radical (unpaired) electrons. The molecule has 2 aromatic rings. The van der Waals surface area contributed by atoms with Crippen LogP contribution in [0.3, 0.4) is 0 Å². The molecule has 1 fully saturated rings. The zero-order valence-electron chi connectivity index (χ0n) is 14.6. The summed E-state index contributed by atoms with van der Waals surface area (Å²) in [5, 5.41) is 7.67. The molecule has 2 atom stereocenters. The van der Waals surface area contributed by atoms with Crippen molar-refractivity contribution in [2.45, 2.75) is 25.8 Å². The molecule has 1 aliphatic heterocycles. The molecule has 3 N–H and O–H groups in total. The molecule has 0 bridgehead atoms. The van der Waals surface area contributed by atoms with Crippen LogP contribution in [0, 0.1) is 5.92 Å². The molecule has 1 amide bonds. The van der Waals surface area contributed by atoms with Crippen LogP contribution in [-0.4, -0.2) is 53.6 Å². The van der Waals surface area contributed by atoms with Crippen LogP contribution >= 0.6 is 15.9 Å². The second-order valence-electron chi connectivity index (χ2n) is 6.61. The summed E-state index contributed by atoms with van der Waals surface area (Å²) in [6.07, 6.45) is 5.97. The summed E-state index contributed by atoms with van der Waals surface area (Å²) in [6, 6.07) is 1.91. The van der Waals surface area contributed by atoms with Crippen molar-refractivity contribution in [2.75, 3.05) is 24.7 Å². The van der Waals surface area contributed by atoms with Gasteiger partial charge in [0.15, 0.2) is 0 Å². The van der Waals surface area contributed by atoms with Gasteiger partial charge >= 0.3 is 0 Å². The Labute approximate surface area is 160 Å². The second kappa shape index (κ2) is 7.16. The zero-order valence-corrected chi connectivity index (χ0v) is 17.0. The van der Waals surface area contributed by atoms with Crippen molar-refractivity contribution >= 4 is 43.1 Å². The number of nitrogens with one attached hydrogen (secondary N) is 1. The monoisotopic (exact) mass is 443 g/mol. The average Bonchev–Trinajstić information content (AvgIpc) is 2.94. The van der Waals surface area contributed by atoms with E-state index in [2.05, 4.69) is 26.3 Å². The minimum atomic E-state index is -3.21. The molecule has 0 unspecified atom stereocenters. The molecule has 2 aromatic heterocycles. The number of carbonyl (C=O) groups excluding carboxylic acids is 1. The van der Waals surface area contributed by atoms with Crippen LogP contribution in [0.25, 0.3) is 5.52 Å². The maximum absolute atomic E-state index is 11.9. The van der Waals surface area contributed by atoms with Crippen LogP contribution in [0.1, 0.15) is 30.1 Å². The van der Waals surface area contributed by atoms with Gasteiger partial charge in [-0.05, 0) is 34.3 Å². The number of fused-ring (bicyclic) bond motifs is 1. The largest absolute Gasteiger partial charge is 0.379 e. The van der Waals surface area contributed by atoms with E-state index in [4.69, 9.17) is 5.73 Å². The number of hydrogen-bond acceptors (Lipinski definition) is 5. The third-order valence-electron chi connectivity index (χ3n) is 4.89. The highest BCUT2D eigenvalue weighted by Crippen LogP contribution is 2.30. The summed E-state index contributed by atoms with van der Waals surface area (Å²) in [5.74, 6) is -0.424. The number of nitrogens with two attached hydrogens (primary N) is 1. The highest BCUT2D eigenvalue weighted by molar-refractivity contribution is 9.10. The Morgan fingerprint density at radius 2 is 2.23 bits per heavy atom. The van der Waals surface area contributed by atoms with Gasteiger partial charge in [0.05, 0.1) is 29.2 Å². The average molecular weight is 444 g/mol. The molecule has 0 aromatic carbocycles. The second-order valence-corrected chi connectivity index (χ2v) is 9.51. The van der Waals surface area contributed by atoms with E-state index in [0.29, 0.717) is 30.8 Å². The van der Waals surface area contributed by atoms with Gasteiger partial charge in [-0.15, -0.1) is 0 Å². The third-order valence-corrected chi connectivity index (χ3v) is 6.59. The molecule has 1 aliphatic rings. The maximum Gasteiger partial charge on any atom is 0.252 e. The summed E-state index contributed by atoms with van der Waals surface area (Å²) < 4.78 is 27.8. The fraction of sp³-hybridized carbons (Fsp3) is 0.500. The van der Waals surface area contributed by atoms with Crippen molar-refractivity contribution in [3.63, 3.8) is 0 Å². The first-order chi connectivity index (χ1) is 12.2. The van der Waals surface area contributed by atoms with E-state index in [1.165, 1.54) is 16.8 Å². The lowest BCUT2D eigenvalue weighted by Crippen LogP contribution is -2.48. The number of amides is 1. The van der Waals surface area contributed by atoms with Crippen molar-refractivity contribution in [1.82, 2.24) is 13.9 Å². The normalized spacial score (nSPS) is 21.8. The van der Waals surface area contributed by atoms with Crippen molar-refractivity contribution < 1.29 is 13.2 Å². The predicted molar refractivity (Wildman–Crippen MR) is 104 cm³/mol. The van der Waals surface area contributed by atoms with E-state index >= 15 is 0 Å². The van der Waals surface area contributed by atoms with E-state index in [1.807, 2.05) is 13.0 Å². The molecular weight excluding hydrogens is 422 g/mol. The van der Waals surface area contributed by atoms with Gasteiger partial charge in [0.2, 0.25) is 10.0 Å². The Morgan fingerprint density at radius 1 is 1.50 bits per heavy atom. The fourth-order valence-corrected chi connectivity index (χ4v) is 4.76.